The minimum Gasteiger partial charge on any atom is -0.368 e. The van der Waals surface area contributed by atoms with Crippen molar-refractivity contribution >= 4 is 17.7 Å². The Bertz CT molecular complexity index is 220. The first-order chi connectivity index (χ1) is 6.50. The molecule has 3 N–H and O–H groups in total. The Kier molecular flexibility index (Phi) is 3.84. The van der Waals surface area contributed by atoms with Gasteiger partial charge in [0.2, 0.25) is 5.91 Å². The second kappa shape index (κ2) is 4.53. The summed E-state index contributed by atoms with van der Waals surface area (Å²) in [4.78, 5) is 11.3. The van der Waals surface area contributed by atoms with Gasteiger partial charge in [0.15, 0.2) is 0 Å². The SMILES string of the molecule is CNC1(C(N)=O)CCC(SC(C)C)C1. The Labute approximate surface area is 90.2 Å². The fourth-order valence-corrected chi connectivity index (χ4v) is 3.48. The number of amides is 1. The maximum absolute atomic E-state index is 11.3. The molecule has 2 atom stereocenters. The van der Waals surface area contributed by atoms with Gasteiger partial charge in [-0.1, -0.05) is 13.8 Å². The third kappa shape index (κ3) is 2.42. The molecule has 0 aromatic carbocycles. The molecule has 0 spiro atoms. The molecular weight excluding hydrogens is 196 g/mol. The fraction of sp³-hybridized carbons (Fsp3) is 0.900. The molecule has 82 valence electrons. The van der Waals surface area contributed by atoms with Crippen LogP contribution in [0.15, 0.2) is 0 Å². The maximum Gasteiger partial charge on any atom is 0.237 e. The Morgan fingerprint density at radius 1 is 1.64 bits per heavy atom. The number of hydrogen-bond acceptors (Lipinski definition) is 3. The molecule has 14 heavy (non-hydrogen) atoms. The first kappa shape index (κ1) is 11.9. The Morgan fingerprint density at radius 2 is 2.29 bits per heavy atom. The average Bonchev–Trinajstić information content (AvgIpc) is 2.48. The van der Waals surface area contributed by atoms with E-state index in [4.69, 9.17) is 5.73 Å². The summed E-state index contributed by atoms with van der Waals surface area (Å²) in [5, 5.41) is 4.30. The van der Waals surface area contributed by atoms with Crippen LogP contribution in [-0.4, -0.2) is 29.0 Å². The summed E-state index contributed by atoms with van der Waals surface area (Å²) in [5.41, 5.74) is 4.99. The first-order valence-electron chi connectivity index (χ1n) is 5.14. The number of thioether (sulfide) groups is 1. The molecule has 1 fully saturated rings. The lowest BCUT2D eigenvalue weighted by atomic mass is 9.97. The van der Waals surface area contributed by atoms with Crippen molar-refractivity contribution < 1.29 is 4.79 Å². The van der Waals surface area contributed by atoms with Crippen molar-refractivity contribution in [2.75, 3.05) is 7.05 Å². The van der Waals surface area contributed by atoms with E-state index in [1.807, 2.05) is 18.8 Å². The van der Waals surface area contributed by atoms with E-state index >= 15 is 0 Å². The van der Waals surface area contributed by atoms with Crippen LogP contribution in [-0.2, 0) is 4.79 Å². The predicted octanol–water partition coefficient (Wildman–Crippen LogP) is 1.12. The summed E-state index contributed by atoms with van der Waals surface area (Å²) < 4.78 is 0. The summed E-state index contributed by atoms with van der Waals surface area (Å²) in [6.07, 6.45) is 2.84. The number of carbonyl (C=O) groups is 1. The van der Waals surface area contributed by atoms with Gasteiger partial charge in [-0.05, 0) is 31.6 Å². The number of primary amides is 1. The first-order valence-corrected chi connectivity index (χ1v) is 6.09. The highest BCUT2D eigenvalue weighted by Gasteiger charge is 2.42. The van der Waals surface area contributed by atoms with Crippen LogP contribution in [0.4, 0.5) is 0 Å². The van der Waals surface area contributed by atoms with E-state index in [2.05, 4.69) is 19.2 Å². The minimum absolute atomic E-state index is 0.202. The Hall–Kier alpha value is -0.220. The van der Waals surface area contributed by atoms with Crippen molar-refractivity contribution in [3.8, 4) is 0 Å². The van der Waals surface area contributed by atoms with Gasteiger partial charge in [0, 0.05) is 5.25 Å². The maximum atomic E-state index is 11.3. The van der Waals surface area contributed by atoms with Gasteiger partial charge in [0.05, 0.1) is 5.54 Å². The van der Waals surface area contributed by atoms with Crippen molar-refractivity contribution in [2.24, 2.45) is 5.73 Å². The van der Waals surface area contributed by atoms with Crippen molar-refractivity contribution in [3.05, 3.63) is 0 Å². The lowest BCUT2D eigenvalue weighted by Gasteiger charge is -2.25. The normalized spacial score (nSPS) is 32.4. The van der Waals surface area contributed by atoms with Crippen LogP contribution >= 0.6 is 11.8 Å². The Balaban J connectivity index is 2.57. The zero-order valence-corrected chi connectivity index (χ0v) is 9.99. The van der Waals surface area contributed by atoms with E-state index in [1.54, 1.807) is 0 Å². The van der Waals surface area contributed by atoms with Crippen LogP contribution in [0.3, 0.4) is 0 Å². The van der Waals surface area contributed by atoms with Crippen molar-refractivity contribution in [1.82, 2.24) is 5.32 Å². The van der Waals surface area contributed by atoms with Crippen molar-refractivity contribution in [2.45, 2.75) is 49.1 Å². The van der Waals surface area contributed by atoms with Gasteiger partial charge < -0.3 is 11.1 Å². The second-order valence-electron chi connectivity index (χ2n) is 4.25. The molecule has 0 aromatic rings. The van der Waals surface area contributed by atoms with Gasteiger partial charge in [0.1, 0.15) is 0 Å². The van der Waals surface area contributed by atoms with Crippen LogP contribution in [0.2, 0.25) is 0 Å². The third-order valence-corrected chi connectivity index (χ3v) is 4.22. The molecule has 1 rings (SSSR count). The third-order valence-electron chi connectivity index (χ3n) is 2.88. The number of hydrogen-bond donors (Lipinski definition) is 2. The fourth-order valence-electron chi connectivity index (χ4n) is 2.08. The van der Waals surface area contributed by atoms with Gasteiger partial charge in [0.25, 0.3) is 0 Å². The van der Waals surface area contributed by atoms with Crippen LogP contribution in [0, 0.1) is 0 Å². The number of rotatable bonds is 4. The minimum atomic E-state index is -0.438. The summed E-state index contributed by atoms with van der Waals surface area (Å²) in [6, 6.07) is 0. The zero-order chi connectivity index (χ0) is 10.8. The molecule has 4 heteroatoms. The van der Waals surface area contributed by atoms with E-state index in [0.29, 0.717) is 10.5 Å². The van der Waals surface area contributed by atoms with Gasteiger partial charge in [-0.2, -0.15) is 11.8 Å². The topological polar surface area (TPSA) is 55.1 Å². The summed E-state index contributed by atoms with van der Waals surface area (Å²) in [6.45, 7) is 4.38. The van der Waals surface area contributed by atoms with Gasteiger partial charge in [-0.15, -0.1) is 0 Å². The van der Waals surface area contributed by atoms with E-state index in [9.17, 15) is 4.79 Å². The number of likely N-dealkylation sites (N-methyl/N-ethyl adjacent to an activating group) is 1. The molecular formula is C10H20N2OS. The molecule has 2 unspecified atom stereocenters. The van der Waals surface area contributed by atoms with Crippen molar-refractivity contribution in [1.29, 1.82) is 0 Å². The lowest BCUT2D eigenvalue weighted by molar-refractivity contribution is -0.124. The molecule has 1 aliphatic carbocycles. The number of nitrogens with one attached hydrogen (secondary N) is 1. The molecule has 3 nitrogen and oxygen atoms in total. The second-order valence-corrected chi connectivity index (χ2v) is 6.13. The molecule has 0 aliphatic heterocycles. The molecule has 0 bridgehead atoms. The molecule has 0 aromatic heterocycles. The number of carbonyl (C=O) groups excluding carboxylic acids is 1. The van der Waals surface area contributed by atoms with Crippen LogP contribution in [0.5, 0.6) is 0 Å². The molecule has 1 saturated carbocycles. The zero-order valence-electron chi connectivity index (χ0n) is 9.17. The largest absolute Gasteiger partial charge is 0.368 e. The van der Waals surface area contributed by atoms with Gasteiger partial charge >= 0.3 is 0 Å². The van der Waals surface area contributed by atoms with E-state index < -0.39 is 5.54 Å². The highest BCUT2D eigenvalue weighted by atomic mass is 32.2. The average molecular weight is 216 g/mol. The number of nitrogens with two attached hydrogens (primary N) is 1. The highest BCUT2D eigenvalue weighted by Crippen LogP contribution is 2.38. The molecule has 0 saturated heterocycles. The molecule has 0 heterocycles. The Morgan fingerprint density at radius 3 is 2.64 bits per heavy atom. The molecule has 1 amide bonds. The summed E-state index contributed by atoms with van der Waals surface area (Å²) >= 11 is 1.95. The smallest absolute Gasteiger partial charge is 0.237 e. The summed E-state index contributed by atoms with van der Waals surface area (Å²) in [7, 11) is 1.83. The quantitative estimate of drug-likeness (QED) is 0.740. The van der Waals surface area contributed by atoms with Crippen LogP contribution < -0.4 is 11.1 Å². The monoisotopic (exact) mass is 216 g/mol. The lowest BCUT2D eigenvalue weighted by Crippen LogP contribution is -2.52. The van der Waals surface area contributed by atoms with Crippen LogP contribution in [0.25, 0.3) is 0 Å². The van der Waals surface area contributed by atoms with Gasteiger partial charge in [-0.3, -0.25) is 4.79 Å². The van der Waals surface area contributed by atoms with Gasteiger partial charge in [-0.25, -0.2) is 0 Å². The summed E-state index contributed by atoms with van der Waals surface area (Å²) in [5.74, 6) is -0.202. The standard InChI is InChI=1S/C10H20N2OS/c1-7(2)14-8-4-5-10(6-8,12-3)9(11)13/h7-8,12H,4-6H2,1-3H3,(H2,11,13). The molecule has 0 radical (unpaired) electrons. The molecule has 1 aliphatic rings. The van der Waals surface area contributed by atoms with E-state index in [1.165, 1.54) is 0 Å². The van der Waals surface area contributed by atoms with Crippen LogP contribution in [0.1, 0.15) is 33.1 Å². The van der Waals surface area contributed by atoms with E-state index in [0.717, 1.165) is 19.3 Å². The van der Waals surface area contributed by atoms with E-state index in [-0.39, 0.29) is 5.91 Å². The predicted molar refractivity (Wildman–Crippen MR) is 61.4 cm³/mol. The highest BCUT2D eigenvalue weighted by molar-refractivity contribution is 8.00. The van der Waals surface area contributed by atoms with Crippen molar-refractivity contribution in [3.63, 3.8) is 0 Å².